The number of halogens is 1. The van der Waals surface area contributed by atoms with E-state index >= 15 is 0 Å². The third-order valence-electron chi connectivity index (χ3n) is 2.65. The molecule has 1 N–H and O–H groups in total. The Morgan fingerprint density at radius 3 is 2.84 bits per heavy atom. The number of ether oxygens (including phenoxy) is 1. The first kappa shape index (κ1) is 13.9. The fourth-order valence-electron chi connectivity index (χ4n) is 1.65. The molecule has 0 saturated carbocycles. The summed E-state index contributed by atoms with van der Waals surface area (Å²) >= 11 is 5.80. The van der Waals surface area contributed by atoms with E-state index in [1.807, 2.05) is 0 Å². The molecule has 1 aromatic carbocycles. The highest BCUT2D eigenvalue weighted by atomic mass is 35.5. The van der Waals surface area contributed by atoms with E-state index in [0.29, 0.717) is 16.3 Å². The number of carboxylic acids is 1. The summed E-state index contributed by atoms with van der Waals surface area (Å²) in [5, 5.41) is 9.04. The maximum absolute atomic E-state index is 11.9. The highest BCUT2D eigenvalue weighted by Crippen LogP contribution is 2.31. The minimum atomic E-state index is -3.61. The second-order valence-corrected chi connectivity index (χ2v) is 6.64. The van der Waals surface area contributed by atoms with Crippen LogP contribution in [0.3, 0.4) is 0 Å². The minimum Gasteiger partial charge on any atom is -0.487 e. The van der Waals surface area contributed by atoms with Gasteiger partial charge in [0.1, 0.15) is 12.4 Å². The molecule has 1 aliphatic rings. The van der Waals surface area contributed by atoms with E-state index in [-0.39, 0.29) is 11.5 Å². The Morgan fingerprint density at radius 1 is 1.42 bits per heavy atom. The molecular formula is C12H11ClO5S. The fourth-order valence-corrected chi connectivity index (χ4v) is 3.06. The molecule has 0 bridgehead atoms. The summed E-state index contributed by atoms with van der Waals surface area (Å²) in [5.41, 5.74) is 0.615. The van der Waals surface area contributed by atoms with Crippen molar-refractivity contribution in [1.82, 2.24) is 0 Å². The van der Waals surface area contributed by atoms with Crippen molar-refractivity contribution in [1.29, 1.82) is 0 Å². The molecule has 0 amide bonds. The summed E-state index contributed by atoms with van der Waals surface area (Å²) in [6.45, 7) is -0.102. The molecule has 0 aliphatic carbocycles. The van der Waals surface area contributed by atoms with Gasteiger partial charge in [-0.1, -0.05) is 11.6 Å². The van der Waals surface area contributed by atoms with E-state index < -0.39 is 28.0 Å². The molecule has 0 radical (unpaired) electrons. The van der Waals surface area contributed by atoms with Crippen LogP contribution in [0.4, 0.5) is 0 Å². The van der Waals surface area contributed by atoms with Crippen LogP contribution < -0.4 is 4.74 Å². The fraction of sp³-hybridized carbons (Fsp3) is 0.250. The van der Waals surface area contributed by atoms with Gasteiger partial charge in [0.05, 0.1) is 17.1 Å². The molecule has 5 nitrogen and oxygen atoms in total. The van der Waals surface area contributed by atoms with Crippen molar-refractivity contribution in [3.05, 3.63) is 33.7 Å². The molecule has 0 fully saturated rings. The Hall–Kier alpha value is -1.53. The summed E-state index contributed by atoms with van der Waals surface area (Å²) in [6, 6.07) is 4.89. The molecule has 0 spiro atoms. The first-order chi connectivity index (χ1) is 8.88. The Morgan fingerprint density at radius 2 is 2.16 bits per heavy atom. The number of hydrogen-bond donors (Lipinski definition) is 1. The number of sulfone groups is 1. The van der Waals surface area contributed by atoms with Gasteiger partial charge in [-0.2, -0.15) is 0 Å². The second-order valence-electron chi connectivity index (χ2n) is 4.04. The lowest BCUT2D eigenvalue weighted by Crippen LogP contribution is -2.19. The van der Waals surface area contributed by atoms with E-state index in [9.17, 15) is 13.2 Å². The zero-order valence-corrected chi connectivity index (χ0v) is 11.4. The number of rotatable bonds is 4. The Bertz CT molecular complexity index is 648. The van der Waals surface area contributed by atoms with Gasteiger partial charge in [0.2, 0.25) is 0 Å². The van der Waals surface area contributed by atoms with Gasteiger partial charge < -0.3 is 9.84 Å². The number of aliphatic carboxylic acids is 1. The zero-order chi connectivity index (χ0) is 14.0. The van der Waals surface area contributed by atoms with Gasteiger partial charge in [0.25, 0.3) is 0 Å². The molecule has 1 aromatic rings. The Labute approximate surface area is 115 Å². The van der Waals surface area contributed by atoms with Gasteiger partial charge >= 0.3 is 5.97 Å². The summed E-state index contributed by atoms with van der Waals surface area (Å²) in [6.07, 6.45) is 1.07. The van der Waals surface area contributed by atoms with Crippen LogP contribution in [0.15, 0.2) is 23.1 Å². The SMILES string of the molecule is O=C(O)CCS(=O)(=O)C1=Cc2ccc(Cl)cc2OC1. The predicted molar refractivity (Wildman–Crippen MR) is 71.0 cm³/mol. The molecule has 7 heteroatoms. The molecule has 2 rings (SSSR count). The molecule has 0 unspecified atom stereocenters. The topological polar surface area (TPSA) is 80.7 Å². The molecule has 0 saturated heterocycles. The largest absolute Gasteiger partial charge is 0.487 e. The van der Waals surface area contributed by atoms with Crippen molar-refractivity contribution < 1.29 is 23.1 Å². The van der Waals surface area contributed by atoms with Crippen LogP contribution in [0.25, 0.3) is 6.08 Å². The number of hydrogen-bond acceptors (Lipinski definition) is 4. The minimum absolute atomic E-state index is 0.0866. The lowest BCUT2D eigenvalue weighted by Gasteiger charge is -2.18. The van der Waals surface area contributed by atoms with E-state index in [1.165, 1.54) is 6.08 Å². The van der Waals surface area contributed by atoms with Crippen LogP contribution in [0.1, 0.15) is 12.0 Å². The Balaban J connectivity index is 2.28. The summed E-state index contributed by atoms with van der Waals surface area (Å²) in [4.78, 5) is 10.5. The molecule has 1 heterocycles. The number of benzene rings is 1. The molecule has 0 aromatic heterocycles. The highest BCUT2D eigenvalue weighted by Gasteiger charge is 2.23. The van der Waals surface area contributed by atoms with Crippen LogP contribution in [-0.2, 0) is 14.6 Å². The molecule has 0 atom stereocenters. The van der Waals surface area contributed by atoms with Crippen molar-refractivity contribution in [3.63, 3.8) is 0 Å². The van der Waals surface area contributed by atoms with E-state index in [0.717, 1.165) is 0 Å². The van der Waals surface area contributed by atoms with Crippen LogP contribution in [-0.4, -0.2) is 31.9 Å². The van der Waals surface area contributed by atoms with Gasteiger partial charge in [0.15, 0.2) is 9.84 Å². The van der Waals surface area contributed by atoms with Crippen LogP contribution >= 0.6 is 11.6 Å². The second kappa shape index (κ2) is 5.22. The first-order valence-electron chi connectivity index (χ1n) is 5.46. The van der Waals surface area contributed by atoms with Gasteiger partial charge in [-0.15, -0.1) is 0 Å². The third kappa shape index (κ3) is 3.27. The lowest BCUT2D eigenvalue weighted by atomic mass is 10.1. The van der Waals surface area contributed by atoms with E-state index in [4.69, 9.17) is 21.4 Å². The zero-order valence-electron chi connectivity index (χ0n) is 9.80. The normalized spacial score (nSPS) is 14.3. The van der Waals surface area contributed by atoms with Crippen molar-refractivity contribution in [2.75, 3.05) is 12.4 Å². The van der Waals surface area contributed by atoms with E-state index in [2.05, 4.69) is 0 Å². The summed E-state index contributed by atoms with van der Waals surface area (Å²) in [5.74, 6) is -1.06. The smallest absolute Gasteiger partial charge is 0.304 e. The monoisotopic (exact) mass is 302 g/mol. The molecular weight excluding hydrogens is 292 g/mol. The van der Waals surface area contributed by atoms with Crippen LogP contribution in [0, 0.1) is 0 Å². The maximum Gasteiger partial charge on any atom is 0.304 e. The number of carbonyl (C=O) groups is 1. The van der Waals surface area contributed by atoms with Gasteiger partial charge in [0, 0.05) is 10.6 Å². The average molecular weight is 303 g/mol. The predicted octanol–water partition coefficient (Wildman–Crippen LogP) is 1.96. The standard InChI is InChI=1S/C12H11ClO5S/c13-9-2-1-8-5-10(7-18-11(8)6-9)19(16,17)4-3-12(14)15/h1-2,5-6H,3-4,7H2,(H,14,15). The molecule has 102 valence electrons. The number of carboxylic acid groups (broad SMARTS) is 1. The van der Waals surface area contributed by atoms with E-state index in [1.54, 1.807) is 18.2 Å². The lowest BCUT2D eigenvalue weighted by molar-refractivity contribution is -0.136. The number of fused-ring (bicyclic) bond motifs is 1. The average Bonchev–Trinajstić information content (AvgIpc) is 2.36. The maximum atomic E-state index is 11.9. The van der Waals surface area contributed by atoms with Crippen molar-refractivity contribution in [3.8, 4) is 5.75 Å². The highest BCUT2D eigenvalue weighted by molar-refractivity contribution is 7.95. The molecule has 19 heavy (non-hydrogen) atoms. The first-order valence-corrected chi connectivity index (χ1v) is 7.49. The van der Waals surface area contributed by atoms with Crippen molar-refractivity contribution in [2.45, 2.75) is 6.42 Å². The van der Waals surface area contributed by atoms with Crippen LogP contribution in [0.2, 0.25) is 5.02 Å². The Kier molecular flexibility index (Phi) is 3.82. The van der Waals surface area contributed by atoms with Gasteiger partial charge in [-0.05, 0) is 24.3 Å². The quantitative estimate of drug-likeness (QED) is 0.919. The molecule has 1 aliphatic heterocycles. The van der Waals surface area contributed by atoms with Crippen molar-refractivity contribution in [2.24, 2.45) is 0 Å². The van der Waals surface area contributed by atoms with Crippen molar-refractivity contribution >= 4 is 33.5 Å². The van der Waals surface area contributed by atoms with Crippen LogP contribution in [0.5, 0.6) is 5.75 Å². The third-order valence-corrected chi connectivity index (χ3v) is 4.66. The summed E-state index contributed by atoms with van der Waals surface area (Å²) in [7, 11) is -3.61. The van der Waals surface area contributed by atoms with Gasteiger partial charge in [-0.25, -0.2) is 8.42 Å². The van der Waals surface area contributed by atoms with Gasteiger partial charge in [-0.3, -0.25) is 4.79 Å². The summed E-state index contributed by atoms with van der Waals surface area (Å²) < 4.78 is 29.2.